The Morgan fingerprint density at radius 2 is 1.51 bits per heavy atom. The van der Waals surface area contributed by atoms with Gasteiger partial charge >= 0.3 is 5.97 Å². The number of pyridine rings is 1. The number of carboxylic acids is 1. The van der Waals surface area contributed by atoms with Gasteiger partial charge in [0.05, 0.1) is 10.9 Å². The normalized spacial score (nSPS) is 14.1. The molecule has 3 heterocycles. The Kier molecular flexibility index (Phi) is 4.27. The van der Waals surface area contributed by atoms with Crippen molar-refractivity contribution in [2.45, 2.75) is 12.8 Å². The number of rotatable bonds is 2. The van der Waals surface area contributed by atoms with Gasteiger partial charge in [-0.05, 0) is 31.0 Å². The highest BCUT2D eigenvalue weighted by Gasteiger charge is 2.27. The SMILES string of the molecule is O=C(O)c1cn2c3cc4c(=O)c5ccccc5c(=O)c4cc3oc3c(N4CCCC4)c(F)cc(c1=O)c32. The van der Waals surface area contributed by atoms with E-state index >= 15 is 4.39 Å². The van der Waals surface area contributed by atoms with E-state index in [0.29, 0.717) is 13.1 Å². The fraction of sp³-hybridized carbons (Fsp3) is 0.143. The van der Waals surface area contributed by atoms with Crippen LogP contribution in [0.2, 0.25) is 0 Å². The first-order chi connectivity index (χ1) is 17.8. The Morgan fingerprint density at radius 3 is 2.16 bits per heavy atom. The minimum absolute atomic E-state index is 0.0772. The molecule has 7 rings (SSSR count). The second-order valence-electron chi connectivity index (χ2n) is 9.34. The first-order valence-electron chi connectivity index (χ1n) is 11.8. The standard InChI is InChI=1S/C28H17FN2O6/c29-19-9-17-22-27(23(19)30-7-3-4-8-30)37-21-11-16-15(24(32)13-5-1-2-6-14(13)25(16)33)10-20(21)31(22)12-18(26(17)34)28(35)36/h1-2,5-6,9-12H,3-4,7-8H2,(H,35,36). The van der Waals surface area contributed by atoms with Gasteiger partial charge in [0.25, 0.3) is 0 Å². The lowest BCUT2D eigenvalue weighted by molar-refractivity contribution is 0.0695. The molecule has 37 heavy (non-hydrogen) atoms. The van der Waals surface area contributed by atoms with Crippen LogP contribution in [-0.4, -0.2) is 28.6 Å². The van der Waals surface area contributed by atoms with Gasteiger partial charge in [0.15, 0.2) is 27.8 Å². The molecule has 0 aliphatic carbocycles. The Labute approximate surface area is 205 Å². The first-order valence-corrected chi connectivity index (χ1v) is 11.8. The van der Waals surface area contributed by atoms with Crippen LogP contribution in [0.1, 0.15) is 23.2 Å². The van der Waals surface area contributed by atoms with Gasteiger partial charge in [-0.1, -0.05) is 24.3 Å². The van der Waals surface area contributed by atoms with Crippen molar-refractivity contribution in [2.24, 2.45) is 0 Å². The van der Waals surface area contributed by atoms with E-state index in [-0.39, 0.29) is 65.7 Å². The van der Waals surface area contributed by atoms with Crippen LogP contribution in [0.3, 0.4) is 0 Å². The molecule has 1 saturated heterocycles. The summed E-state index contributed by atoms with van der Waals surface area (Å²) < 4.78 is 23.2. The number of anilines is 1. The molecule has 0 saturated carbocycles. The Morgan fingerprint density at radius 1 is 0.865 bits per heavy atom. The zero-order valence-corrected chi connectivity index (χ0v) is 19.2. The van der Waals surface area contributed by atoms with Crippen LogP contribution in [0.25, 0.3) is 49.1 Å². The van der Waals surface area contributed by atoms with Crippen LogP contribution >= 0.6 is 0 Å². The van der Waals surface area contributed by atoms with Crippen LogP contribution in [-0.2, 0) is 0 Å². The molecule has 0 bridgehead atoms. The second-order valence-corrected chi connectivity index (χ2v) is 9.34. The van der Waals surface area contributed by atoms with E-state index in [4.69, 9.17) is 4.42 Å². The number of carboxylic acid groups (broad SMARTS) is 1. The van der Waals surface area contributed by atoms with Gasteiger partial charge in [-0.15, -0.1) is 0 Å². The predicted molar refractivity (Wildman–Crippen MR) is 138 cm³/mol. The van der Waals surface area contributed by atoms with E-state index in [0.717, 1.165) is 18.9 Å². The smallest absolute Gasteiger partial charge is 0.341 e. The molecule has 1 fully saturated rings. The number of aromatic nitrogens is 1. The van der Waals surface area contributed by atoms with Crippen molar-refractivity contribution < 1.29 is 18.7 Å². The molecule has 0 atom stereocenters. The van der Waals surface area contributed by atoms with Crippen molar-refractivity contribution in [1.82, 2.24) is 4.40 Å². The molecule has 0 unspecified atom stereocenters. The van der Waals surface area contributed by atoms with E-state index in [1.165, 1.54) is 22.7 Å². The third-order valence-electron chi connectivity index (χ3n) is 7.30. The number of fused-ring (bicyclic) bond motifs is 4. The molecule has 0 amide bonds. The van der Waals surface area contributed by atoms with Crippen molar-refractivity contribution in [2.75, 3.05) is 18.0 Å². The zero-order chi connectivity index (χ0) is 25.6. The molecule has 9 heteroatoms. The van der Waals surface area contributed by atoms with Crippen LogP contribution in [0.15, 0.2) is 67.5 Å². The van der Waals surface area contributed by atoms with E-state index in [9.17, 15) is 24.3 Å². The van der Waals surface area contributed by atoms with Crippen LogP contribution in [0, 0.1) is 5.82 Å². The van der Waals surface area contributed by atoms with Gasteiger partial charge in [0.2, 0.25) is 5.43 Å². The van der Waals surface area contributed by atoms with Gasteiger partial charge in [-0.2, -0.15) is 0 Å². The maximum absolute atomic E-state index is 15.5. The third-order valence-corrected chi connectivity index (χ3v) is 7.30. The molecule has 4 aromatic carbocycles. The molecule has 6 aromatic rings. The molecule has 1 aliphatic heterocycles. The lowest BCUT2D eigenvalue weighted by atomic mass is 10.0. The summed E-state index contributed by atoms with van der Waals surface area (Å²) in [5.74, 6) is -2.16. The maximum atomic E-state index is 15.5. The molecule has 1 N–H and O–H groups in total. The highest BCUT2D eigenvalue weighted by molar-refractivity contribution is 6.08. The number of hydrogen-bond donors (Lipinski definition) is 1. The summed E-state index contributed by atoms with van der Waals surface area (Å²) >= 11 is 0. The van der Waals surface area contributed by atoms with E-state index < -0.39 is 22.8 Å². The molecule has 0 radical (unpaired) electrons. The fourth-order valence-corrected chi connectivity index (χ4v) is 5.58. The van der Waals surface area contributed by atoms with E-state index in [1.54, 1.807) is 24.3 Å². The monoisotopic (exact) mass is 496 g/mol. The summed E-state index contributed by atoms with van der Waals surface area (Å²) in [4.78, 5) is 53.4. The van der Waals surface area contributed by atoms with E-state index in [2.05, 4.69) is 0 Å². The van der Waals surface area contributed by atoms with Crippen LogP contribution in [0.4, 0.5) is 10.1 Å². The summed E-state index contributed by atoms with van der Waals surface area (Å²) in [6, 6.07) is 10.5. The Balaban J connectivity index is 1.75. The van der Waals surface area contributed by atoms with Crippen LogP contribution in [0.5, 0.6) is 0 Å². The lowest BCUT2D eigenvalue weighted by Gasteiger charge is -2.22. The molecular formula is C28H17FN2O6. The van der Waals surface area contributed by atoms with Gasteiger partial charge in [-0.25, -0.2) is 9.18 Å². The molecule has 1 aliphatic rings. The number of carbonyl (C=O) groups is 1. The zero-order valence-electron chi connectivity index (χ0n) is 19.2. The fourth-order valence-electron chi connectivity index (χ4n) is 5.58. The lowest BCUT2D eigenvalue weighted by Crippen LogP contribution is -2.22. The summed E-state index contributed by atoms with van der Waals surface area (Å²) in [7, 11) is 0. The maximum Gasteiger partial charge on any atom is 0.341 e. The Bertz CT molecular complexity index is 2160. The molecular weight excluding hydrogens is 479 g/mol. The predicted octanol–water partition coefficient (Wildman–Crippen LogP) is 4.10. The molecule has 8 nitrogen and oxygen atoms in total. The van der Waals surface area contributed by atoms with E-state index in [1.807, 2.05) is 4.90 Å². The largest absolute Gasteiger partial charge is 0.477 e. The molecule has 0 spiro atoms. The van der Waals surface area contributed by atoms with Crippen molar-refractivity contribution in [3.63, 3.8) is 0 Å². The molecule has 182 valence electrons. The van der Waals surface area contributed by atoms with Gasteiger partial charge < -0.3 is 18.8 Å². The average molecular weight is 496 g/mol. The van der Waals surface area contributed by atoms with Gasteiger partial charge in [0.1, 0.15) is 16.8 Å². The Hall–Kier alpha value is -4.79. The topological polar surface area (TPSA) is 109 Å². The number of halogens is 1. The number of aromatic carboxylic acids is 1. The summed E-state index contributed by atoms with van der Waals surface area (Å²) in [6.45, 7) is 1.19. The van der Waals surface area contributed by atoms with Gasteiger partial charge in [-0.3, -0.25) is 14.4 Å². The van der Waals surface area contributed by atoms with Crippen molar-refractivity contribution in [1.29, 1.82) is 0 Å². The quantitative estimate of drug-likeness (QED) is 0.284. The summed E-state index contributed by atoms with van der Waals surface area (Å²) in [5.41, 5.74) is -1.20. The number of benzene rings is 4. The van der Waals surface area contributed by atoms with Crippen molar-refractivity contribution >= 4 is 60.8 Å². The highest BCUT2D eigenvalue weighted by Crippen LogP contribution is 2.37. The van der Waals surface area contributed by atoms with Crippen molar-refractivity contribution in [3.8, 4) is 0 Å². The molecule has 2 aromatic heterocycles. The minimum atomic E-state index is -1.47. The first kappa shape index (κ1) is 21.5. The number of nitrogens with zero attached hydrogens (tertiary/aromatic N) is 2. The number of hydrogen-bond acceptors (Lipinski definition) is 6. The van der Waals surface area contributed by atoms with Crippen LogP contribution < -0.4 is 21.2 Å². The minimum Gasteiger partial charge on any atom is -0.477 e. The third kappa shape index (κ3) is 2.82. The van der Waals surface area contributed by atoms with Crippen molar-refractivity contribution in [3.05, 3.63) is 90.7 Å². The van der Waals surface area contributed by atoms with Gasteiger partial charge in [0, 0.05) is 40.8 Å². The average Bonchev–Trinajstić information content (AvgIpc) is 3.42. The summed E-state index contributed by atoms with van der Waals surface area (Å²) in [6.07, 6.45) is 2.89. The summed E-state index contributed by atoms with van der Waals surface area (Å²) in [5, 5.41) is 10.4. The highest BCUT2D eigenvalue weighted by atomic mass is 19.1. The second kappa shape index (κ2) is 7.36.